The number of rotatable bonds is 3. The maximum atomic E-state index is 12.7. The fourth-order valence-electron chi connectivity index (χ4n) is 2.65. The summed E-state index contributed by atoms with van der Waals surface area (Å²) >= 11 is 12.6. The summed E-state index contributed by atoms with van der Waals surface area (Å²) < 4.78 is 1.59. The van der Waals surface area contributed by atoms with Crippen LogP contribution in [0.1, 0.15) is 36.2 Å². The first kappa shape index (κ1) is 20.0. The number of halogens is 3. The van der Waals surface area contributed by atoms with Crippen molar-refractivity contribution in [2.24, 2.45) is 0 Å². The molecular weight excluding hydrogens is 385 g/mol. The third-order valence-electron chi connectivity index (χ3n) is 3.89. The second-order valence-electron chi connectivity index (χ2n) is 5.97. The van der Waals surface area contributed by atoms with Crippen molar-refractivity contribution >= 4 is 41.5 Å². The molecule has 1 amide bonds. The Hall–Kier alpha value is -1.34. The first-order valence-electron chi connectivity index (χ1n) is 7.90. The lowest BCUT2D eigenvalue weighted by Crippen LogP contribution is -2.46. The minimum absolute atomic E-state index is 0. The van der Waals surface area contributed by atoms with E-state index in [-0.39, 0.29) is 30.1 Å². The molecule has 0 radical (unpaired) electrons. The highest BCUT2D eigenvalue weighted by Crippen LogP contribution is 2.30. The van der Waals surface area contributed by atoms with Gasteiger partial charge in [-0.3, -0.25) is 4.79 Å². The van der Waals surface area contributed by atoms with Gasteiger partial charge < -0.3 is 10.2 Å². The second-order valence-corrected chi connectivity index (χ2v) is 6.79. The molecule has 0 aliphatic carbocycles. The monoisotopic (exact) mass is 403 g/mol. The third-order valence-corrected chi connectivity index (χ3v) is 4.50. The summed E-state index contributed by atoms with van der Waals surface area (Å²) in [4.78, 5) is 18.9. The summed E-state index contributed by atoms with van der Waals surface area (Å²) in [5, 5.41) is 8.58. The van der Waals surface area contributed by atoms with Crippen LogP contribution in [-0.4, -0.2) is 51.8 Å². The molecule has 25 heavy (non-hydrogen) atoms. The molecule has 1 aliphatic rings. The summed E-state index contributed by atoms with van der Waals surface area (Å²) in [5.74, 6) is 0.731. The van der Waals surface area contributed by atoms with E-state index in [9.17, 15) is 4.79 Å². The Morgan fingerprint density at radius 1 is 1.20 bits per heavy atom. The second kappa shape index (κ2) is 8.36. The molecule has 1 fully saturated rings. The highest BCUT2D eigenvalue weighted by Gasteiger charge is 2.26. The van der Waals surface area contributed by atoms with Gasteiger partial charge in [0.25, 0.3) is 5.91 Å². The smallest absolute Gasteiger partial charge is 0.293 e. The van der Waals surface area contributed by atoms with Crippen LogP contribution >= 0.6 is 35.6 Å². The van der Waals surface area contributed by atoms with Gasteiger partial charge in [0.15, 0.2) is 0 Å². The normalized spacial score (nSPS) is 14.5. The van der Waals surface area contributed by atoms with Crippen LogP contribution in [0, 0.1) is 0 Å². The molecule has 1 aliphatic heterocycles. The van der Waals surface area contributed by atoms with Crippen LogP contribution < -0.4 is 5.32 Å². The van der Waals surface area contributed by atoms with Gasteiger partial charge in [0.1, 0.15) is 11.5 Å². The molecule has 6 nitrogen and oxygen atoms in total. The highest BCUT2D eigenvalue weighted by atomic mass is 35.5. The fourth-order valence-corrected chi connectivity index (χ4v) is 3.21. The standard InChI is InChI=1S/C16H19Cl2N5O.ClH/c1-10(2)15-20-14(16(24)22-8-6-19-7-9-22)21-23(15)13-11(17)4-3-5-12(13)18;/h3-5,10,19H,6-9H2,1-2H3;1H. The predicted molar refractivity (Wildman–Crippen MR) is 101 cm³/mol. The van der Waals surface area contributed by atoms with Crippen molar-refractivity contribution in [1.29, 1.82) is 0 Å². The van der Waals surface area contributed by atoms with Crippen LogP contribution in [0.15, 0.2) is 18.2 Å². The quantitative estimate of drug-likeness (QED) is 0.853. The average molecular weight is 405 g/mol. The molecule has 3 rings (SSSR count). The number of benzene rings is 1. The topological polar surface area (TPSA) is 63.1 Å². The molecule has 0 atom stereocenters. The molecule has 1 N–H and O–H groups in total. The minimum Gasteiger partial charge on any atom is -0.333 e. The first-order valence-corrected chi connectivity index (χ1v) is 8.66. The Morgan fingerprint density at radius 3 is 2.36 bits per heavy atom. The number of carbonyl (C=O) groups excluding carboxylic acids is 1. The Morgan fingerprint density at radius 2 is 1.80 bits per heavy atom. The first-order chi connectivity index (χ1) is 11.5. The molecule has 2 aromatic rings. The van der Waals surface area contributed by atoms with Crippen molar-refractivity contribution in [3.05, 3.63) is 39.9 Å². The molecule has 0 spiro atoms. The number of para-hydroxylation sites is 1. The van der Waals surface area contributed by atoms with Crippen molar-refractivity contribution in [3.8, 4) is 5.69 Å². The van der Waals surface area contributed by atoms with Gasteiger partial charge in [-0.2, -0.15) is 0 Å². The average Bonchev–Trinajstić information content (AvgIpc) is 3.00. The van der Waals surface area contributed by atoms with E-state index in [2.05, 4.69) is 15.4 Å². The van der Waals surface area contributed by atoms with E-state index in [1.54, 1.807) is 27.8 Å². The third kappa shape index (κ3) is 4.08. The van der Waals surface area contributed by atoms with E-state index >= 15 is 0 Å². The Kier molecular flexibility index (Phi) is 6.68. The summed E-state index contributed by atoms with van der Waals surface area (Å²) in [6, 6.07) is 5.26. The van der Waals surface area contributed by atoms with Crippen LogP contribution in [0.25, 0.3) is 5.69 Å². The Labute approximate surface area is 162 Å². The molecule has 2 heterocycles. The predicted octanol–water partition coefficient (Wildman–Crippen LogP) is 3.16. The molecule has 1 aromatic carbocycles. The van der Waals surface area contributed by atoms with Crippen molar-refractivity contribution < 1.29 is 4.79 Å². The van der Waals surface area contributed by atoms with Crippen LogP contribution in [0.4, 0.5) is 0 Å². The lowest BCUT2D eigenvalue weighted by atomic mass is 10.2. The highest BCUT2D eigenvalue weighted by molar-refractivity contribution is 6.37. The number of nitrogens with one attached hydrogen (secondary N) is 1. The van der Waals surface area contributed by atoms with E-state index in [1.165, 1.54) is 0 Å². The van der Waals surface area contributed by atoms with Gasteiger partial charge >= 0.3 is 0 Å². The van der Waals surface area contributed by atoms with Crippen molar-refractivity contribution in [1.82, 2.24) is 25.0 Å². The van der Waals surface area contributed by atoms with Gasteiger partial charge in [-0.05, 0) is 12.1 Å². The number of hydrogen-bond acceptors (Lipinski definition) is 4. The molecule has 0 saturated carbocycles. The number of hydrogen-bond donors (Lipinski definition) is 1. The lowest BCUT2D eigenvalue weighted by Gasteiger charge is -2.26. The fraction of sp³-hybridized carbons (Fsp3) is 0.438. The van der Waals surface area contributed by atoms with Crippen LogP contribution in [0.2, 0.25) is 10.0 Å². The Bertz CT molecular complexity index is 736. The van der Waals surface area contributed by atoms with Crippen LogP contribution in [-0.2, 0) is 0 Å². The van der Waals surface area contributed by atoms with Crippen LogP contribution in [0.5, 0.6) is 0 Å². The van der Waals surface area contributed by atoms with Crippen molar-refractivity contribution in [2.45, 2.75) is 19.8 Å². The van der Waals surface area contributed by atoms with Gasteiger partial charge in [-0.25, -0.2) is 9.67 Å². The zero-order valence-corrected chi connectivity index (χ0v) is 16.3. The maximum Gasteiger partial charge on any atom is 0.293 e. The SMILES string of the molecule is CC(C)c1nc(C(=O)N2CCNCC2)nn1-c1c(Cl)cccc1Cl.Cl. The van der Waals surface area contributed by atoms with Crippen LogP contribution in [0.3, 0.4) is 0 Å². The maximum absolute atomic E-state index is 12.7. The molecular formula is C16H20Cl3N5O. The van der Waals surface area contributed by atoms with Gasteiger partial charge in [0.2, 0.25) is 5.82 Å². The van der Waals surface area contributed by atoms with Gasteiger partial charge in [-0.1, -0.05) is 43.1 Å². The van der Waals surface area contributed by atoms with Crippen molar-refractivity contribution in [3.63, 3.8) is 0 Å². The zero-order chi connectivity index (χ0) is 17.3. The number of piperazine rings is 1. The Balaban J connectivity index is 0.00000225. The molecule has 0 bridgehead atoms. The summed E-state index contributed by atoms with van der Waals surface area (Å²) in [6.45, 7) is 6.84. The van der Waals surface area contributed by atoms with E-state index in [4.69, 9.17) is 23.2 Å². The van der Waals surface area contributed by atoms with E-state index in [1.807, 2.05) is 13.8 Å². The number of nitrogens with zero attached hydrogens (tertiary/aromatic N) is 4. The van der Waals surface area contributed by atoms with Gasteiger partial charge in [0, 0.05) is 32.1 Å². The molecule has 0 unspecified atom stereocenters. The van der Waals surface area contributed by atoms with E-state index in [0.717, 1.165) is 13.1 Å². The summed E-state index contributed by atoms with van der Waals surface area (Å²) in [7, 11) is 0. The number of aromatic nitrogens is 3. The lowest BCUT2D eigenvalue weighted by molar-refractivity contribution is 0.0723. The largest absolute Gasteiger partial charge is 0.333 e. The number of carbonyl (C=O) groups is 1. The molecule has 1 saturated heterocycles. The number of amides is 1. The zero-order valence-electron chi connectivity index (χ0n) is 14.0. The minimum atomic E-state index is -0.166. The van der Waals surface area contributed by atoms with Gasteiger partial charge in [-0.15, -0.1) is 17.5 Å². The van der Waals surface area contributed by atoms with Crippen molar-refractivity contribution in [2.75, 3.05) is 26.2 Å². The van der Waals surface area contributed by atoms with E-state index in [0.29, 0.717) is 34.6 Å². The summed E-state index contributed by atoms with van der Waals surface area (Å²) in [5.41, 5.74) is 0.552. The van der Waals surface area contributed by atoms with Gasteiger partial charge in [0.05, 0.1) is 10.0 Å². The summed E-state index contributed by atoms with van der Waals surface area (Å²) in [6.07, 6.45) is 0. The van der Waals surface area contributed by atoms with E-state index < -0.39 is 0 Å². The molecule has 136 valence electrons. The molecule has 1 aromatic heterocycles. The molecule has 9 heteroatoms.